The first-order valence-corrected chi connectivity index (χ1v) is 12.1. The Balaban J connectivity index is 1.44. The Bertz CT molecular complexity index is 858. The standard InChI is InChI=1S/C30H34/c1-7-23-11-3-15-27-21-28(16-4-12-24(8-1)19-23)30-18-6-14-26-10-2-9-25(20-26)13-5-17-29(27)22-30/h1-2,7-10,19-22H,3-6,11-18H2. The van der Waals surface area contributed by atoms with Crippen LogP contribution in [0.5, 0.6) is 0 Å². The molecule has 8 bridgehead atoms. The van der Waals surface area contributed by atoms with Crippen molar-refractivity contribution in [2.45, 2.75) is 77.0 Å². The molecule has 0 aromatic heterocycles. The molecule has 3 aromatic carbocycles. The highest BCUT2D eigenvalue weighted by Crippen LogP contribution is 2.26. The minimum Gasteiger partial charge on any atom is -0.0617 e. The Hall–Kier alpha value is -2.34. The van der Waals surface area contributed by atoms with Gasteiger partial charge >= 0.3 is 0 Å². The predicted molar refractivity (Wildman–Crippen MR) is 127 cm³/mol. The van der Waals surface area contributed by atoms with E-state index in [1.165, 1.54) is 99.3 Å². The molecule has 0 saturated carbocycles. The zero-order valence-electron chi connectivity index (χ0n) is 18.3. The first kappa shape index (κ1) is 19.6. The molecular weight excluding hydrogens is 360 g/mol. The summed E-state index contributed by atoms with van der Waals surface area (Å²) >= 11 is 0. The maximum absolute atomic E-state index is 2.62. The van der Waals surface area contributed by atoms with Gasteiger partial charge in [0.2, 0.25) is 0 Å². The Morgan fingerprint density at radius 2 is 0.633 bits per heavy atom. The topological polar surface area (TPSA) is 0 Å². The van der Waals surface area contributed by atoms with E-state index in [9.17, 15) is 0 Å². The van der Waals surface area contributed by atoms with Gasteiger partial charge in [0.1, 0.15) is 0 Å². The molecule has 0 unspecified atom stereocenters. The van der Waals surface area contributed by atoms with Gasteiger partial charge < -0.3 is 0 Å². The first-order chi connectivity index (χ1) is 14.8. The van der Waals surface area contributed by atoms with E-state index >= 15 is 0 Å². The lowest BCUT2D eigenvalue weighted by Crippen LogP contribution is -2.06. The fraction of sp³-hybridized carbons (Fsp3) is 0.400. The fourth-order valence-electron chi connectivity index (χ4n) is 5.54. The molecule has 2 aliphatic carbocycles. The van der Waals surface area contributed by atoms with Crippen LogP contribution in [0.2, 0.25) is 0 Å². The Morgan fingerprint density at radius 1 is 0.333 bits per heavy atom. The SMILES string of the molecule is c1cc2cc(c1)CCCc1cc(c3cc1CCCc1cccc(c1)CCC3)CCC2. The molecule has 2 aliphatic rings. The van der Waals surface area contributed by atoms with Gasteiger partial charge in [-0.1, -0.05) is 60.7 Å². The predicted octanol–water partition coefficient (Wildman–Crippen LogP) is 7.01. The van der Waals surface area contributed by atoms with Crippen LogP contribution in [0.1, 0.15) is 70.2 Å². The second kappa shape index (κ2) is 9.21. The van der Waals surface area contributed by atoms with Gasteiger partial charge in [-0.25, -0.2) is 0 Å². The molecular formula is C30H34. The van der Waals surface area contributed by atoms with Crippen LogP contribution in [-0.4, -0.2) is 0 Å². The first-order valence-electron chi connectivity index (χ1n) is 12.1. The summed E-state index contributed by atoms with van der Waals surface area (Å²) in [6.07, 6.45) is 14.8. The fourth-order valence-corrected chi connectivity index (χ4v) is 5.54. The molecule has 3 aromatic rings. The van der Waals surface area contributed by atoms with Gasteiger partial charge in [0.05, 0.1) is 0 Å². The van der Waals surface area contributed by atoms with Crippen molar-refractivity contribution in [2.24, 2.45) is 0 Å². The van der Waals surface area contributed by atoms with E-state index in [-0.39, 0.29) is 0 Å². The second-order valence-corrected chi connectivity index (χ2v) is 9.44. The van der Waals surface area contributed by atoms with E-state index in [4.69, 9.17) is 0 Å². The number of fused-ring (bicyclic) bond motifs is 10. The van der Waals surface area contributed by atoms with E-state index in [0.717, 1.165) is 0 Å². The Labute approximate surface area is 182 Å². The lowest BCUT2D eigenvalue weighted by molar-refractivity contribution is 0.742. The van der Waals surface area contributed by atoms with Gasteiger partial charge in [0, 0.05) is 0 Å². The number of hydrogen-bond donors (Lipinski definition) is 0. The molecule has 0 fully saturated rings. The molecule has 30 heavy (non-hydrogen) atoms. The molecule has 0 atom stereocenters. The molecule has 5 rings (SSSR count). The average molecular weight is 395 g/mol. The minimum atomic E-state index is 1.21. The molecule has 0 spiro atoms. The molecule has 0 heteroatoms. The van der Waals surface area contributed by atoms with Gasteiger partial charge in [-0.05, 0) is 122 Å². The molecule has 154 valence electrons. The lowest BCUT2D eigenvalue weighted by atomic mass is 9.86. The normalized spacial score (nSPS) is 17.1. The molecule has 0 saturated heterocycles. The summed E-state index contributed by atoms with van der Waals surface area (Å²) < 4.78 is 0. The number of benzene rings is 3. The Morgan fingerprint density at radius 3 is 0.933 bits per heavy atom. The summed E-state index contributed by atoms with van der Waals surface area (Å²) in [6.45, 7) is 0. The van der Waals surface area contributed by atoms with Crippen molar-refractivity contribution in [3.8, 4) is 0 Å². The third-order valence-electron chi connectivity index (χ3n) is 7.15. The van der Waals surface area contributed by atoms with Gasteiger partial charge in [-0.15, -0.1) is 0 Å². The summed E-state index contributed by atoms with van der Waals surface area (Å²) in [7, 11) is 0. The highest BCUT2D eigenvalue weighted by Gasteiger charge is 2.13. The van der Waals surface area contributed by atoms with Gasteiger partial charge in [-0.3, -0.25) is 0 Å². The monoisotopic (exact) mass is 394 g/mol. The number of hydrogen-bond acceptors (Lipinski definition) is 0. The van der Waals surface area contributed by atoms with Crippen LogP contribution in [0, 0.1) is 0 Å². The van der Waals surface area contributed by atoms with Gasteiger partial charge in [-0.2, -0.15) is 0 Å². The molecule has 0 aliphatic heterocycles. The van der Waals surface area contributed by atoms with Crippen molar-refractivity contribution in [1.29, 1.82) is 0 Å². The summed E-state index contributed by atoms with van der Waals surface area (Å²) in [5.74, 6) is 0. The summed E-state index contributed by atoms with van der Waals surface area (Å²) in [6, 6.07) is 23.9. The molecule has 0 nitrogen and oxygen atoms in total. The highest BCUT2D eigenvalue weighted by molar-refractivity contribution is 5.40. The van der Waals surface area contributed by atoms with Crippen LogP contribution in [-0.2, 0) is 51.4 Å². The van der Waals surface area contributed by atoms with E-state index in [2.05, 4.69) is 60.7 Å². The van der Waals surface area contributed by atoms with E-state index < -0.39 is 0 Å². The van der Waals surface area contributed by atoms with Crippen molar-refractivity contribution >= 4 is 0 Å². The zero-order chi connectivity index (χ0) is 20.2. The summed E-state index contributed by atoms with van der Waals surface area (Å²) in [5, 5.41) is 0. The van der Waals surface area contributed by atoms with Crippen LogP contribution < -0.4 is 0 Å². The zero-order valence-corrected chi connectivity index (χ0v) is 18.3. The van der Waals surface area contributed by atoms with Gasteiger partial charge in [0.15, 0.2) is 0 Å². The summed E-state index contributed by atoms with van der Waals surface area (Å²) in [4.78, 5) is 0. The quantitative estimate of drug-likeness (QED) is 0.384. The van der Waals surface area contributed by atoms with Crippen molar-refractivity contribution in [2.75, 3.05) is 0 Å². The molecule has 0 N–H and O–H groups in total. The van der Waals surface area contributed by atoms with Crippen LogP contribution in [0.15, 0.2) is 60.7 Å². The maximum Gasteiger partial charge on any atom is -0.0273 e. The molecule has 0 radical (unpaired) electrons. The summed E-state index contributed by atoms with van der Waals surface area (Å²) in [5.41, 5.74) is 12.6. The Kier molecular flexibility index (Phi) is 6.02. The van der Waals surface area contributed by atoms with Crippen LogP contribution in [0.3, 0.4) is 0 Å². The second-order valence-electron chi connectivity index (χ2n) is 9.44. The van der Waals surface area contributed by atoms with E-state index in [0.29, 0.717) is 0 Å². The van der Waals surface area contributed by atoms with Crippen molar-refractivity contribution in [3.05, 3.63) is 105 Å². The maximum atomic E-state index is 2.62. The number of rotatable bonds is 0. The van der Waals surface area contributed by atoms with Crippen LogP contribution >= 0.6 is 0 Å². The third-order valence-corrected chi connectivity index (χ3v) is 7.15. The molecule has 0 heterocycles. The van der Waals surface area contributed by atoms with Crippen LogP contribution in [0.4, 0.5) is 0 Å². The largest absolute Gasteiger partial charge is 0.0617 e. The van der Waals surface area contributed by atoms with Crippen molar-refractivity contribution < 1.29 is 0 Å². The van der Waals surface area contributed by atoms with Gasteiger partial charge in [0.25, 0.3) is 0 Å². The smallest absolute Gasteiger partial charge is 0.0273 e. The highest BCUT2D eigenvalue weighted by atomic mass is 14.2. The van der Waals surface area contributed by atoms with Crippen molar-refractivity contribution in [1.82, 2.24) is 0 Å². The van der Waals surface area contributed by atoms with E-state index in [1.54, 1.807) is 22.3 Å². The van der Waals surface area contributed by atoms with Crippen LogP contribution in [0.25, 0.3) is 0 Å². The lowest BCUT2D eigenvalue weighted by Gasteiger charge is -2.19. The average Bonchev–Trinajstić information content (AvgIpc) is 2.75. The van der Waals surface area contributed by atoms with E-state index in [1.807, 2.05) is 0 Å². The molecule has 0 amide bonds. The third kappa shape index (κ3) is 4.69. The number of aryl methyl sites for hydroxylation is 8. The van der Waals surface area contributed by atoms with Crippen molar-refractivity contribution in [3.63, 3.8) is 0 Å². The minimum absolute atomic E-state index is 1.21.